The van der Waals surface area contributed by atoms with Gasteiger partial charge in [0.2, 0.25) is 0 Å². The van der Waals surface area contributed by atoms with Crippen molar-refractivity contribution in [3.05, 3.63) is 30.1 Å². The van der Waals surface area contributed by atoms with Crippen LogP contribution < -0.4 is 10.1 Å². The third-order valence-electron chi connectivity index (χ3n) is 2.77. The summed E-state index contributed by atoms with van der Waals surface area (Å²) in [6.07, 6.45) is 0.740. The molecule has 1 atom stereocenters. The highest BCUT2D eigenvalue weighted by Gasteiger charge is 2.11. The predicted octanol–water partition coefficient (Wildman–Crippen LogP) is 1.90. The van der Waals surface area contributed by atoms with E-state index in [9.17, 15) is 0 Å². The molecule has 0 amide bonds. The maximum atomic E-state index is 5.25. The van der Waals surface area contributed by atoms with Gasteiger partial charge in [-0.2, -0.15) is 4.98 Å². The Morgan fingerprint density at radius 2 is 2.28 bits per heavy atom. The van der Waals surface area contributed by atoms with Crippen LogP contribution in [0.3, 0.4) is 0 Å². The number of likely N-dealkylation sites (N-methyl/N-ethyl adjacent to an activating group) is 1. The molecule has 0 fully saturated rings. The molecule has 1 heterocycles. The Bertz CT molecular complexity index is 510. The van der Waals surface area contributed by atoms with Gasteiger partial charge in [0.25, 0.3) is 5.89 Å². The summed E-state index contributed by atoms with van der Waals surface area (Å²) in [5, 5.41) is 7.11. The Balaban J connectivity index is 2.18. The molecule has 5 nitrogen and oxygen atoms in total. The second-order valence-corrected chi connectivity index (χ2v) is 4.14. The fourth-order valence-electron chi connectivity index (χ4n) is 1.59. The number of benzene rings is 1. The van der Waals surface area contributed by atoms with E-state index in [0.717, 1.165) is 17.7 Å². The highest BCUT2D eigenvalue weighted by Crippen LogP contribution is 2.22. The van der Waals surface area contributed by atoms with Crippen molar-refractivity contribution in [3.8, 4) is 17.2 Å². The predicted molar refractivity (Wildman–Crippen MR) is 68.5 cm³/mol. The zero-order valence-corrected chi connectivity index (χ0v) is 10.8. The number of hydrogen-bond donors (Lipinski definition) is 1. The van der Waals surface area contributed by atoms with Crippen LogP contribution in [0.5, 0.6) is 5.75 Å². The molecule has 0 bridgehead atoms. The molecular weight excluding hydrogens is 230 g/mol. The molecule has 2 aromatic rings. The SMILES string of the molecule is CNC(C)Cc1noc(-c2cccc(OC)c2)n1. The molecule has 0 aliphatic rings. The van der Waals surface area contributed by atoms with E-state index < -0.39 is 0 Å². The maximum absolute atomic E-state index is 5.25. The Hall–Kier alpha value is -1.88. The average Bonchev–Trinajstić information content (AvgIpc) is 2.87. The Morgan fingerprint density at radius 3 is 3.00 bits per heavy atom. The molecule has 0 aliphatic carbocycles. The molecule has 96 valence electrons. The number of ether oxygens (including phenoxy) is 1. The van der Waals surface area contributed by atoms with E-state index in [1.54, 1.807) is 7.11 Å². The van der Waals surface area contributed by atoms with Gasteiger partial charge in [-0.3, -0.25) is 0 Å². The standard InChI is InChI=1S/C13H17N3O2/c1-9(14-2)7-12-15-13(18-16-12)10-5-4-6-11(8-10)17-3/h4-6,8-9,14H,7H2,1-3H3. The van der Waals surface area contributed by atoms with Gasteiger partial charge in [0.15, 0.2) is 5.82 Å². The van der Waals surface area contributed by atoms with Gasteiger partial charge in [-0.1, -0.05) is 11.2 Å². The lowest BCUT2D eigenvalue weighted by molar-refractivity contribution is 0.411. The fourth-order valence-corrected chi connectivity index (χ4v) is 1.59. The summed E-state index contributed by atoms with van der Waals surface area (Å²) in [4.78, 5) is 4.37. The lowest BCUT2D eigenvalue weighted by Crippen LogP contribution is -2.24. The van der Waals surface area contributed by atoms with E-state index in [2.05, 4.69) is 22.4 Å². The van der Waals surface area contributed by atoms with Crippen molar-refractivity contribution in [2.45, 2.75) is 19.4 Å². The van der Waals surface area contributed by atoms with Gasteiger partial charge in [0.1, 0.15) is 5.75 Å². The van der Waals surface area contributed by atoms with Gasteiger partial charge in [-0.25, -0.2) is 0 Å². The van der Waals surface area contributed by atoms with Crippen molar-refractivity contribution < 1.29 is 9.26 Å². The van der Waals surface area contributed by atoms with Crippen molar-refractivity contribution in [2.24, 2.45) is 0 Å². The fraction of sp³-hybridized carbons (Fsp3) is 0.385. The zero-order chi connectivity index (χ0) is 13.0. The number of nitrogens with one attached hydrogen (secondary N) is 1. The van der Waals surface area contributed by atoms with Crippen LogP contribution in [0.1, 0.15) is 12.7 Å². The van der Waals surface area contributed by atoms with Crippen molar-refractivity contribution in [3.63, 3.8) is 0 Å². The van der Waals surface area contributed by atoms with E-state index >= 15 is 0 Å². The first-order valence-electron chi connectivity index (χ1n) is 5.87. The average molecular weight is 247 g/mol. The van der Waals surface area contributed by atoms with Crippen LogP contribution in [0.15, 0.2) is 28.8 Å². The third kappa shape index (κ3) is 2.87. The molecule has 0 saturated heterocycles. The smallest absolute Gasteiger partial charge is 0.258 e. The summed E-state index contributed by atoms with van der Waals surface area (Å²) in [5.41, 5.74) is 0.866. The molecule has 2 rings (SSSR count). The lowest BCUT2D eigenvalue weighted by Gasteiger charge is -2.04. The molecule has 5 heteroatoms. The van der Waals surface area contributed by atoms with E-state index in [-0.39, 0.29) is 0 Å². The first-order valence-corrected chi connectivity index (χ1v) is 5.87. The minimum atomic E-state index is 0.320. The number of hydrogen-bond acceptors (Lipinski definition) is 5. The molecular formula is C13H17N3O2. The largest absolute Gasteiger partial charge is 0.497 e. The van der Waals surface area contributed by atoms with Crippen molar-refractivity contribution in [1.82, 2.24) is 15.5 Å². The second-order valence-electron chi connectivity index (χ2n) is 4.14. The number of nitrogens with zero attached hydrogens (tertiary/aromatic N) is 2. The minimum absolute atomic E-state index is 0.320. The van der Waals surface area contributed by atoms with Gasteiger partial charge in [-0.05, 0) is 32.2 Å². The topological polar surface area (TPSA) is 60.2 Å². The summed E-state index contributed by atoms with van der Waals surface area (Å²) >= 11 is 0. The zero-order valence-electron chi connectivity index (χ0n) is 10.8. The second kappa shape index (κ2) is 5.64. The van der Waals surface area contributed by atoms with Crippen molar-refractivity contribution >= 4 is 0 Å². The summed E-state index contributed by atoms with van der Waals surface area (Å²) in [6, 6.07) is 7.89. The molecule has 0 aliphatic heterocycles. The van der Waals surface area contributed by atoms with E-state index in [0.29, 0.717) is 17.8 Å². The number of methoxy groups -OCH3 is 1. The van der Waals surface area contributed by atoms with Gasteiger partial charge in [0.05, 0.1) is 7.11 Å². The highest BCUT2D eigenvalue weighted by atomic mass is 16.5. The van der Waals surface area contributed by atoms with Gasteiger partial charge in [0, 0.05) is 18.0 Å². The lowest BCUT2D eigenvalue weighted by atomic mass is 10.2. The first-order chi connectivity index (χ1) is 8.72. The van der Waals surface area contributed by atoms with Crippen molar-refractivity contribution in [2.75, 3.05) is 14.2 Å². The van der Waals surface area contributed by atoms with Crippen molar-refractivity contribution in [1.29, 1.82) is 0 Å². The molecule has 1 N–H and O–H groups in total. The quantitative estimate of drug-likeness (QED) is 0.874. The first kappa shape index (κ1) is 12.6. The van der Waals surface area contributed by atoms with E-state index in [1.807, 2.05) is 31.3 Å². The van der Waals surface area contributed by atoms with Gasteiger partial charge in [-0.15, -0.1) is 0 Å². The molecule has 18 heavy (non-hydrogen) atoms. The summed E-state index contributed by atoms with van der Waals surface area (Å²) in [5.74, 6) is 2.00. The van der Waals surface area contributed by atoms with Crippen LogP contribution in [0.25, 0.3) is 11.5 Å². The Morgan fingerprint density at radius 1 is 1.44 bits per heavy atom. The van der Waals surface area contributed by atoms with E-state index in [1.165, 1.54) is 0 Å². The van der Waals surface area contributed by atoms with E-state index in [4.69, 9.17) is 9.26 Å². The maximum Gasteiger partial charge on any atom is 0.258 e. The monoisotopic (exact) mass is 247 g/mol. The van der Waals surface area contributed by atoms with Crippen LogP contribution >= 0.6 is 0 Å². The molecule has 1 aromatic carbocycles. The van der Waals surface area contributed by atoms with Crippen LogP contribution in [0.4, 0.5) is 0 Å². The molecule has 1 unspecified atom stereocenters. The van der Waals surface area contributed by atoms with Gasteiger partial charge < -0.3 is 14.6 Å². The summed E-state index contributed by atoms with van der Waals surface area (Å²) in [6.45, 7) is 2.07. The summed E-state index contributed by atoms with van der Waals surface area (Å²) < 4.78 is 10.4. The minimum Gasteiger partial charge on any atom is -0.497 e. The Kier molecular flexibility index (Phi) is 3.94. The third-order valence-corrected chi connectivity index (χ3v) is 2.77. The van der Waals surface area contributed by atoms with Crippen LogP contribution in [-0.2, 0) is 6.42 Å². The molecule has 0 spiro atoms. The van der Waals surface area contributed by atoms with Gasteiger partial charge >= 0.3 is 0 Å². The molecule has 0 radical (unpaired) electrons. The molecule has 1 aromatic heterocycles. The van der Waals surface area contributed by atoms with Crippen LogP contribution in [0, 0.1) is 0 Å². The Labute approximate surface area is 106 Å². The highest BCUT2D eigenvalue weighted by molar-refractivity contribution is 5.55. The number of rotatable bonds is 5. The van der Waals surface area contributed by atoms with Crippen LogP contribution in [0.2, 0.25) is 0 Å². The number of aromatic nitrogens is 2. The van der Waals surface area contributed by atoms with Crippen LogP contribution in [-0.4, -0.2) is 30.3 Å². The molecule has 0 saturated carbocycles. The summed E-state index contributed by atoms with van der Waals surface area (Å²) in [7, 11) is 3.54. The normalized spacial score (nSPS) is 12.4.